The zero-order valence-corrected chi connectivity index (χ0v) is 9.53. The van der Waals surface area contributed by atoms with Crippen molar-refractivity contribution in [3.05, 3.63) is 16.6 Å². The Kier molecular flexibility index (Phi) is 4.30. The predicted molar refractivity (Wildman–Crippen MR) is 51.9 cm³/mol. The van der Waals surface area contributed by atoms with Crippen LogP contribution in [0.3, 0.4) is 0 Å². The fraction of sp³-hybridized carbons (Fsp3) is 0.333. The molecule has 0 atom stereocenters. The maximum Gasteiger partial charge on any atom is 0.583 e. The Balaban J connectivity index is 0.000000211. The summed E-state index contributed by atoms with van der Waals surface area (Å²) in [5.41, 5.74) is 4.82. The van der Waals surface area contributed by atoms with Gasteiger partial charge in [-0.1, -0.05) is 0 Å². The topological polar surface area (TPSA) is 137 Å². The molecule has 0 aliphatic rings. The van der Waals surface area contributed by atoms with Crippen molar-refractivity contribution in [2.75, 3.05) is 5.73 Å². The molecule has 0 radical (unpaired) electrons. The number of alkyl halides is 6. The van der Waals surface area contributed by atoms with Gasteiger partial charge >= 0.3 is 24.1 Å². The Morgan fingerprint density at radius 3 is 1.62 bits per heavy atom. The van der Waals surface area contributed by atoms with Crippen LogP contribution in [-0.4, -0.2) is 30.4 Å². The van der Waals surface area contributed by atoms with Gasteiger partial charge in [-0.2, -0.15) is 36.4 Å². The monoisotopic (exact) mass is 316 g/mol. The van der Waals surface area contributed by atoms with E-state index in [0.717, 1.165) is 0 Å². The van der Waals surface area contributed by atoms with Crippen molar-refractivity contribution in [2.24, 2.45) is 0 Å². The van der Waals surface area contributed by atoms with E-state index >= 15 is 0 Å². The highest BCUT2D eigenvalue weighted by Crippen LogP contribution is 2.26. The van der Waals surface area contributed by atoms with Gasteiger partial charge < -0.3 is 5.73 Å². The number of nitrogens with one attached hydrogen (secondary N) is 2. The van der Waals surface area contributed by atoms with Crippen LogP contribution in [0.5, 0.6) is 0 Å². The number of nitrogen functional groups attached to an aromatic ring is 1. The number of nitrogens with two attached hydrogens (primary N) is 1. The van der Waals surface area contributed by atoms with Gasteiger partial charge in [0.25, 0.3) is 0 Å². The van der Waals surface area contributed by atoms with E-state index in [4.69, 9.17) is 11.1 Å². The highest BCUT2D eigenvalue weighted by molar-refractivity contribution is 5.22. The van der Waals surface area contributed by atoms with Gasteiger partial charge in [0, 0.05) is 5.10 Å². The Hall–Kier alpha value is -2.92. The lowest BCUT2D eigenvalue weighted by atomic mass is 10.6. The van der Waals surface area contributed by atoms with Crippen molar-refractivity contribution in [1.82, 2.24) is 30.4 Å². The largest absolute Gasteiger partial charge is 0.583 e. The van der Waals surface area contributed by atoms with Crippen LogP contribution in [0, 0.1) is 5.39 Å². The summed E-state index contributed by atoms with van der Waals surface area (Å²) >= 11 is 0. The Labute approximate surface area is 110 Å². The molecule has 0 fully saturated rings. The molecule has 15 heteroatoms. The summed E-state index contributed by atoms with van der Waals surface area (Å²) < 4.78 is 69.9. The lowest BCUT2D eigenvalue weighted by Crippen LogP contribution is -2.07. The van der Waals surface area contributed by atoms with Crippen LogP contribution in [-0.2, 0) is 12.4 Å². The molecule has 4 N–H and O–H groups in total. The molecule has 0 amide bonds. The zero-order valence-electron chi connectivity index (χ0n) is 9.53. The molecule has 0 aromatic carbocycles. The normalized spacial score (nSPS) is 11.5. The summed E-state index contributed by atoms with van der Waals surface area (Å²) in [6.45, 7) is 0. The van der Waals surface area contributed by atoms with Crippen molar-refractivity contribution in [3.63, 3.8) is 0 Å². The smallest absolute Gasteiger partial charge is 0.366 e. The molecule has 114 valence electrons. The predicted octanol–water partition coefficient (Wildman–Crippen LogP) is 1.71. The number of H-pyrrole nitrogens is 2. The van der Waals surface area contributed by atoms with Crippen LogP contribution >= 0.6 is 0 Å². The Bertz CT molecular complexity index is 630. The zero-order chi connectivity index (χ0) is 16.3. The second-order valence-electron chi connectivity index (χ2n) is 3.12. The number of aromatic amines is 2. The summed E-state index contributed by atoms with van der Waals surface area (Å²) in [5, 5.41) is 17.1. The molecular formula is C6H4F6N9+. The lowest BCUT2D eigenvalue weighted by molar-refractivity contribution is -0.145. The lowest BCUT2D eigenvalue weighted by Gasteiger charge is -1.97. The third-order valence-electron chi connectivity index (χ3n) is 1.60. The summed E-state index contributed by atoms with van der Waals surface area (Å²) in [6, 6.07) is 0. The minimum Gasteiger partial charge on any atom is -0.366 e. The molecule has 0 aliphatic heterocycles. The van der Waals surface area contributed by atoms with Crippen molar-refractivity contribution in [2.45, 2.75) is 12.4 Å². The van der Waals surface area contributed by atoms with Gasteiger partial charge in [0.15, 0.2) is 0 Å². The molecule has 2 aromatic heterocycles. The van der Waals surface area contributed by atoms with Crippen molar-refractivity contribution in [1.29, 1.82) is 5.39 Å². The maximum absolute atomic E-state index is 11.7. The van der Waals surface area contributed by atoms with E-state index < -0.39 is 35.9 Å². The number of nitrogens with zero attached hydrogens (tertiary/aromatic N) is 6. The van der Waals surface area contributed by atoms with E-state index in [1.54, 1.807) is 10.2 Å². The first-order chi connectivity index (χ1) is 9.54. The molecule has 2 rings (SSSR count). The van der Waals surface area contributed by atoms with Gasteiger partial charge in [-0.25, -0.2) is 0 Å². The molecule has 0 saturated carbocycles. The second-order valence-corrected chi connectivity index (χ2v) is 3.12. The minimum atomic E-state index is -4.59. The van der Waals surface area contributed by atoms with Crippen LogP contribution in [0.1, 0.15) is 11.6 Å². The highest BCUT2D eigenvalue weighted by Gasteiger charge is 2.40. The first kappa shape index (κ1) is 16.1. The average molecular weight is 316 g/mol. The molecule has 0 aliphatic carbocycles. The van der Waals surface area contributed by atoms with E-state index in [1.165, 1.54) is 0 Å². The molecule has 2 aromatic rings. The molecule has 9 nitrogen and oxygen atoms in total. The Morgan fingerprint density at radius 1 is 0.905 bits per heavy atom. The molecule has 2 heterocycles. The summed E-state index contributed by atoms with van der Waals surface area (Å²) in [6.07, 6.45) is -9.08. The van der Waals surface area contributed by atoms with E-state index in [0.29, 0.717) is 0 Å². The van der Waals surface area contributed by atoms with Crippen molar-refractivity contribution >= 4 is 11.9 Å². The number of hydrogen-bond acceptors (Lipinski definition) is 6. The number of halogens is 6. The fourth-order valence-corrected chi connectivity index (χ4v) is 0.826. The van der Waals surface area contributed by atoms with E-state index in [2.05, 4.69) is 25.1 Å². The summed E-state index contributed by atoms with van der Waals surface area (Å²) in [4.78, 5) is 8.01. The molecule has 0 spiro atoms. The Morgan fingerprint density at radius 2 is 1.38 bits per heavy atom. The highest BCUT2D eigenvalue weighted by atomic mass is 19.4. The molecule has 0 bridgehead atoms. The van der Waals surface area contributed by atoms with Crippen LogP contribution in [0.4, 0.5) is 38.2 Å². The van der Waals surface area contributed by atoms with Crippen molar-refractivity contribution < 1.29 is 26.3 Å². The molecule has 21 heavy (non-hydrogen) atoms. The number of diazo groups is 1. The van der Waals surface area contributed by atoms with Crippen LogP contribution in [0.25, 0.3) is 4.98 Å². The van der Waals surface area contributed by atoms with Gasteiger partial charge in [0.2, 0.25) is 11.8 Å². The second kappa shape index (κ2) is 5.60. The fourth-order valence-electron chi connectivity index (χ4n) is 0.826. The average Bonchev–Trinajstić information content (AvgIpc) is 2.95. The minimum absolute atomic E-state index is 0.410. The van der Waals surface area contributed by atoms with Crippen LogP contribution in [0.15, 0.2) is 0 Å². The van der Waals surface area contributed by atoms with E-state index in [9.17, 15) is 26.3 Å². The SMILES string of the molecule is N#[N+]c1n[nH]c(C(F)(F)F)n1.Nc1n[nH]c(C(F)(F)F)n1. The number of rotatable bonds is 0. The van der Waals surface area contributed by atoms with Crippen LogP contribution in [0.2, 0.25) is 0 Å². The van der Waals surface area contributed by atoms with Crippen LogP contribution < -0.4 is 5.73 Å². The number of anilines is 1. The number of aromatic nitrogens is 6. The molecule has 0 unspecified atom stereocenters. The third-order valence-corrected chi connectivity index (χ3v) is 1.60. The summed E-state index contributed by atoms with van der Waals surface area (Å²) in [7, 11) is 0. The van der Waals surface area contributed by atoms with Gasteiger partial charge in [-0.3, -0.25) is 5.10 Å². The molecular weight excluding hydrogens is 312 g/mol. The summed E-state index contributed by atoms with van der Waals surface area (Å²) in [5.74, 6) is -3.51. The maximum atomic E-state index is 11.7. The van der Waals surface area contributed by atoms with E-state index in [-0.39, 0.29) is 0 Å². The van der Waals surface area contributed by atoms with Crippen molar-refractivity contribution in [3.8, 4) is 0 Å². The third kappa shape index (κ3) is 4.59. The van der Waals surface area contributed by atoms with E-state index in [1.807, 2.05) is 0 Å². The first-order valence-corrected chi connectivity index (χ1v) is 4.64. The number of hydrogen-bond donors (Lipinski definition) is 3. The van der Waals surface area contributed by atoms with Gasteiger partial charge in [0.05, 0.1) is 5.39 Å². The van der Waals surface area contributed by atoms with Gasteiger partial charge in [0.1, 0.15) is 0 Å². The quantitative estimate of drug-likeness (QED) is 0.500. The molecule has 0 saturated heterocycles. The standard InChI is InChI=1S/C3HF3N5.C3H3F3N4/c4-3(5,6)1-8-2(9-7)11-10-1;4-3(5,6)1-8-2(7)10-9-1/h(H,8,10,11);(H3,7,8,9,10)/q+1;. The van der Waals surface area contributed by atoms with Gasteiger partial charge in [-0.15, -0.1) is 5.10 Å². The van der Waals surface area contributed by atoms with Gasteiger partial charge in [-0.05, 0) is 9.96 Å². The first-order valence-electron chi connectivity index (χ1n) is 4.64.